The van der Waals surface area contributed by atoms with Crippen LogP contribution >= 0.6 is 11.3 Å². The van der Waals surface area contributed by atoms with E-state index in [1.54, 1.807) is 11.3 Å². The number of nitrogens with one attached hydrogen (secondary N) is 2. The van der Waals surface area contributed by atoms with Gasteiger partial charge < -0.3 is 15.4 Å². The first kappa shape index (κ1) is 15.5. The molecule has 1 aromatic heterocycles. The maximum absolute atomic E-state index is 6.08. The van der Waals surface area contributed by atoms with Crippen LogP contribution in [0.2, 0.25) is 0 Å². The second-order valence-electron chi connectivity index (χ2n) is 7.08. The van der Waals surface area contributed by atoms with Gasteiger partial charge in [-0.25, -0.2) is 4.99 Å². The van der Waals surface area contributed by atoms with E-state index >= 15 is 0 Å². The summed E-state index contributed by atoms with van der Waals surface area (Å²) in [4.78, 5) is 6.12. The molecule has 2 heterocycles. The Morgan fingerprint density at radius 1 is 1.43 bits per heavy atom. The third kappa shape index (κ3) is 2.68. The largest absolute Gasteiger partial charge is 0.377 e. The molecule has 4 rings (SSSR count). The number of fused-ring (bicyclic) bond motifs is 2. The summed E-state index contributed by atoms with van der Waals surface area (Å²) >= 11 is 1.77. The molecule has 2 saturated carbocycles. The van der Waals surface area contributed by atoms with Crippen molar-refractivity contribution in [2.24, 2.45) is 16.3 Å². The normalized spacial score (nSPS) is 31.9. The van der Waals surface area contributed by atoms with Crippen molar-refractivity contribution >= 4 is 17.3 Å². The van der Waals surface area contributed by atoms with Gasteiger partial charge in [-0.05, 0) is 37.6 Å². The van der Waals surface area contributed by atoms with Gasteiger partial charge in [0.15, 0.2) is 5.96 Å². The smallest absolute Gasteiger partial charge is 0.191 e. The van der Waals surface area contributed by atoms with Crippen molar-refractivity contribution in [2.45, 2.75) is 57.7 Å². The zero-order valence-electron chi connectivity index (χ0n) is 13.9. The van der Waals surface area contributed by atoms with Gasteiger partial charge >= 0.3 is 0 Å². The van der Waals surface area contributed by atoms with Crippen LogP contribution in [-0.2, 0) is 11.3 Å². The SMILES string of the molecule is CCNC(=NCc1cccs1)NC1C2CCOC2C12CCCC2. The Morgan fingerprint density at radius 3 is 3.04 bits per heavy atom. The van der Waals surface area contributed by atoms with Gasteiger partial charge in [0.1, 0.15) is 0 Å². The third-order valence-corrected chi connectivity index (χ3v) is 6.76. The number of nitrogens with zero attached hydrogens (tertiary/aromatic N) is 1. The monoisotopic (exact) mass is 333 g/mol. The summed E-state index contributed by atoms with van der Waals surface area (Å²) in [7, 11) is 0. The molecule has 126 valence electrons. The highest BCUT2D eigenvalue weighted by molar-refractivity contribution is 7.09. The summed E-state index contributed by atoms with van der Waals surface area (Å²) in [6.45, 7) is 4.74. The van der Waals surface area contributed by atoms with Crippen LogP contribution in [0, 0.1) is 11.3 Å². The second-order valence-corrected chi connectivity index (χ2v) is 8.11. The second kappa shape index (κ2) is 6.44. The number of hydrogen-bond acceptors (Lipinski definition) is 3. The number of hydrogen-bond donors (Lipinski definition) is 2. The minimum Gasteiger partial charge on any atom is -0.377 e. The quantitative estimate of drug-likeness (QED) is 0.657. The standard InChI is InChI=1S/C18H27N3OS/c1-2-19-17(20-12-13-6-5-11-23-13)21-15-14-7-10-22-16(14)18(15)8-3-4-9-18/h5-6,11,14-16H,2-4,7-10,12H2,1H3,(H2,19,20,21). The summed E-state index contributed by atoms with van der Waals surface area (Å²) in [5.41, 5.74) is 0.375. The number of aliphatic imine (C=N–C) groups is 1. The van der Waals surface area contributed by atoms with Crippen molar-refractivity contribution in [1.29, 1.82) is 0 Å². The lowest BCUT2D eigenvalue weighted by molar-refractivity contribution is -0.125. The van der Waals surface area contributed by atoms with Crippen molar-refractivity contribution in [3.8, 4) is 0 Å². The molecule has 3 fully saturated rings. The van der Waals surface area contributed by atoms with E-state index in [0.717, 1.165) is 25.7 Å². The van der Waals surface area contributed by atoms with Gasteiger partial charge in [-0.1, -0.05) is 18.9 Å². The Bertz CT molecular complexity index is 551. The van der Waals surface area contributed by atoms with E-state index in [1.165, 1.54) is 37.0 Å². The molecule has 0 amide bonds. The minimum absolute atomic E-state index is 0.375. The van der Waals surface area contributed by atoms with Gasteiger partial charge in [0.05, 0.1) is 12.6 Å². The molecule has 0 aromatic carbocycles. The highest BCUT2D eigenvalue weighted by Crippen LogP contribution is 2.60. The molecule has 2 aliphatic carbocycles. The number of ether oxygens (including phenoxy) is 1. The summed E-state index contributed by atoms with van der Waals surface area (Å²) in [5, 5.41) is 9.33. The van der Waals surface area contributed by atoms with Crippen LogP contribution in [0.4, 0.5) is 0 Å². The fourth-order valence-electron chi connectivity index (χ4n) is 4.93. The Hall–Kier alpha value is -1.07. The molecule has 0 radical (unpaired) electrons. The van der Waals surface area contributed by atoms with Crippen LogP contribution in [0.15, 0.2) is 22.5 Å². The van der Waals surface area contributed by atoms with E-state index in [2.05, 4.69) is 35.1 Å². The van der Waals surface area contributed by atoms with Crippen LogP contribution in [-0.4, -0.2) is 31.3 Å². The van der Waals surface area contributed by atoms with E-state index < -0.39 is 0 Å². The predicted octanol–water partition coefficient (Wildman–Crippen LogP) is 3.15. The molecular formula is C18H27N3OS. The fourth-order valence-corrected chi connectivity index (χ4v) is 5.56. The average Bonchev–Trinajstić information content (AvgIpc) is 3.30. The van der Waals surface area contributed by atoms with Crippen molar-refractivity contribution in [3.05, 3.63) is 22.4 Å². The molecule has 3 atom stereocenters. The Balaban J connectivity index is 1.48. The molecular weight excluding hydrogens is 306 g/mol. The predicted molar refractivity (Wildman–Crippen MR) is 94.8 cm³/mol. The Kier molecular flexibility index (Phi) is 4.33. The number of guanidine groups is 1. The van der Waals surface area contributed by atoms with Crippen molar-refractivity contribution in [1.82, 2.24) is 10.6 Å². The van der Waals surface area contributed by atoms with Crippen molar-refractivity contribution < 1.29 is 4.74 Å². The van der Waals surface area contributed by atoms with Crippen molar-refractivity contribution in [2.75, 3.05) is 13.2 Å². The Labute approximate surface area is 142 Å². The lowest BCUT2D eigenvalue weighted by atomic mass is 9.54. The summed E-state index contributed by atoms with van der Waals surface area (Å²) in [5.74, 6) is 1.65. The molecule has 23 heavy (non-hydrogen) atoms. The van der Waals surface area contributed by atoms with Crippen LogP contribution in [0.25, 0.3) is 0 Å². The topological polar surface area (TPSA) is 45.7 Å². The lowest BCUT2D eigenvalue weighted by Crippen LogP contribution is -2.69. The van der Waals surface area contributed by atoms with Crippen molar-refractivity contribution in [3.63, 3.8) is 0 Å². The van der Waals surface area contributed by atoms with Crippen LogP contribution in [0.3, 0.4) is 0 Å². The summed E-state index contributed by atoms with van der Waals surface area (Å²) in [6, 6.07) is 4.79. The lowest BCUT2D eigenvalue weighted by Gasteiger charge is -2.57. The minimum atomic E-state index is 0.375. The first-order valence-corrected chi connectivity index (χ1v) is 9.90. The first-order valence-electron chi connectivity index (χ1n) is 9.02. The summed E-state index contributed by atoms with van der Waals surface area (Å²) in [6.07, 6.45) is 7.05. The highest BCUT2D eigenvalue weighted by atomic mass is 32.1. The molecule has 1 saturated heterocycles. The molecule has 3 aliphatic rings. The van der Waals surface area contributed by atoms with E-state index in [9.17, 15) is 0 Å². The van der Waals surface area contributed by atoms with E-state index in [4.69, 9.17) is 9.73 Å². The summed E-state index contributed by atoms with van der Waals surface area (Å²) < 4.78 is 6.08. The zero-order chi connectivity index (χ0) is 15.7. The fraction of sp³-hybridized carbons (Fsp3) is 0.722. The Morgan fingerprint density at radius 2 is 2.30 bits per heavy atom. The van der Waals surface area contributed by atoms with Gasteiger partial charge in [0, 0.05) is 35.4 Å². The molecule has 1 spiro atoms. The molecule has 2 N–H and O–H groups in total. The van der Waals surface area contributed by atoms with Gasteiger partial charge in [0.25, 0.3) is 0 Å². The van der Waals surface area contributed by atoms with E-state index in [1.807, 2.05) is 0 Å². The van der Waals surface area contributed by atoms with Gasteiger partial charge in [0.2, 0.25) is 0 Å². The van der Waals surface area contributed by atoms with Gasteiger partial charge in [-0.3, -0.25) is 0 Å². The van der Waals surface area contributed by atoms with Gasteiger partial charge in [-0.2, -0.15) is 0 Å². The molecule has 1 aromatic rings. The van der Waals surface area contributed by atoms with Crippen LogP contribution < -0.4 is 10.6 Å². The van der Waals surface area contributed by atoms with Crippen LogP contribution in [0.5, 0.6) is 0 Å². The first-order chi connectivity index (χ1) is 11.3. The molecule has 4 nitrogen and oxygen atoms in total. The van der Waals surface area contributed by atoms with Crippen LogP contribution in [0.1, 0.15) is 43.9 Å². The average molecular weight is 334 g/mol. The highest BCUT2D eigenvalue weighted by Gasteiger charge is 2.65. The third-order valence-electron chi connectivity index (χ3n) is 5.90. The van der Waals surface area contributed by atoms with E-state index in [0.29, 0.717) is 23.5 Å². The number of rotatable bonds is 4. The zero-order valence-corrected chi connectivity index (χ0v) is 14.7. The maximum Gasteiger partial charge on any atom is 0.191 e. The van der Waals surface area contributed by atoms with E-state index in [-0.39, 0.29) is 0 Å². The molecule has 5 heteroatoms. The molecule has 3 unspecified atom stereocenters. The number of thiophene rings is 1. The molecule has 0 bridgehead atoms. The molecule has 1 aliphatic heterocycles. The maximum atomic E-state index is 6.08. The van der Waals surface area contributed by atoms with Gasteiger partial charge in [-0.15, -0.1) is 11.3 Å².